The lowest BCUT2D eigenvalue weighted by atomic mass is 9.88. The molecule has 0 aromatic heterocycles. The number of nitrogens with two attached hydrogens (primary N) is 1. The second-order valence-corrected chi connectivity index (χ2v) is 7.10. The van der Waals surface area contributed by atoms with Crippen molar-refractivity contribution in [2.75, 3.05) is 32.8 Å². The van der Waals surface area contributed by atoms with Crippen molar-refractivity contribution >= 4 is 24.2 Å². The van der Waals surface area contributed by atoms with Crippen molar-refractivity contribution in [1.82, 2.24) is 10.2 Å². The zero-order chi connectivity index (χ0) is 17.7. The lowest BCUT2D eigenvalue weighted by molar-refractivity contribution is -0.142. The van der Waals surface area contributed by atoms with Gasteiger partial charge in [-0.15, -0.1) is 12.4 Å². The van der Waals surface area contributed by atoms with Crippen molar-refractivity contribution in [1.29, 1.82) is 0 Å². The smallest absolute Gasteiger partial charge is 0.251 e. The molecule has 0 saturated carbocycles. The third-order valence-electron chi connectivity index (χ3n) is 5.20. The number of nitrogens with one attached hydrogen (secondary N) is 1. The van der Waals surface area contributed by atoms with E-state index in [-0.39, 0.29) is 30.1 Å². The van der Waals surface area contributed by atoms with E-state index in [9.17, 15) is 9.59 Å². The van der Waals surface area contributed by atoms with Crippen LogP contribution in [0.15, 0.2) is 30.3 Å². The number of nitrogens with zero attached hydrogens (tertiary/aromatic N) is 1. The highest BCUT2D eigenvalue weighted by molar-refractivity contribution is 5.94. The zero-order valence-corrected chi connectivity index (χ0v) is 15.8. The molecule has 3 rings (SSSR count). The first-order chi connectivity index (χ1) is 12.1. The Bertz CT molecular complexity index is 605. The second-order valence-electron chi connectivity index (χ2n) is 7.10. The van der Waals surface area contributed by atoms with Crippen LogP contribution in [-0.2, 0) is 9.53 Å². The van der Waals surface area contributed by atoms with Gasteiger partial charge in [-0.25, -0.2) is 0 Å². The van der Waals surface area contributed by atoms with E-state index >= 15 is 0 Å². The van der Waals surface area contributed by atoms with E-state index < -0.39 is 5.54 Å². The van der Waals surface area contributed by atoms with Crippen LogP contribution in [0.5, 0.6) is 0 Å². The Kier molecular flexibility index (Phi) is 7.43. The van der Waals surface area contributed by atoms with E-state index in [0.717, 1.165) is 19.4 Å². The summed E-state index contributed by atoms with van der Waals surface area (Å²) in [6.45, 7) is 3.09. The molecule has 1 atom stereocenters. The van der Waals surface area contributed by atoms with Crippen LogP contribution in [0.25, 0.3) is 0 Å². The molecule has 144 valence electrons. The van der Waals surface area contributed by atoms with Crippen molar-refractivity contribution in [3.8, 4) is 0 Å². The number of ether oxygens (including phenoxy) is 1. The van der Waals surface area contributed by atoms with Gasteiger partial charge in [-0.3, -0.25) is 9.59 Å². The molecule has 0 spiro atoms. The number of piperidine rings is 1. The number of hydrogen-bond acceptors (Lipinski definition) is 4. The number of rotatable bonds is 4. The van der Waals surface area contributed by atoms with Crippen LogP contribution >= 0.6 is 12.4 Å². The highest BCUT2D eigenvalue weighted by Gasteiger charge is 2.40. The standard InChI is InChI=1S/C19H27N3O3.ClH/c20-19(8-11-25-12-9-19)18(24)22-10-4-5-15(14-22)13-21-17(23)16-6-2-1-3-7-16;/h1-3,6-7,15H,4-5,8-14,20H2,(H,21,23);1H. The van der Waals surface area contributed by atoms with Crippen molar-refractivity contribution in [3.63, 3.8) is 0 Å². The summed E-state index contributed by atoms with van der Waals surface area (Å²) >= 11 is 0. The van der Waals surface area contributed by atoms with Gasteiger partial charge in [-0.05, 0) is 43.7 Å². The van der Waals surface area contributed by atoms with Gasteiger partial charge in [0.05, 0.1) is 5.54 Å². The number of benzene rings is 1. The minimum Gasteiger partial charge on any atom is -0.381 e. The maximum absolute atomic E-state index is 12.8. The van der Waals surface area contributed by atoms with Gasteiger partial charge < -0.3 is 20.7 Å². The van der Waals surface area contributed by atoms with E-state index in [1.165, 1.54) is 0 Å². The van der Waals surface area contributed by atoms with E-state index in [0.29, 0.717) is 44.7 Å². The first kappa shape index (κ1) is 20.7. The number of carbonyl (C=O) groups is 2. The van der Waals surface area contributed by atoms with Gasteiger partial charge in [-0.2, -0.15) is 0 Å². The highest BCUT2D eigenvalue weighted by Crippen LogP contribution is 2.24. The lowest BCUT2D eigenvalue weighted by Gasteiger charge is -2.40. The predicted octanol–water partition coefficient (Wildman–Crippen LogP) is 1.58. The summed E-state index contributed by atoms with van der Waals surface area (Å²) in [5.41, 5.74) is 6.21. The Morgan fingerprint density at radius 3 is 2.62 bits per heavy atom. The van der Waals surface area contributed by atoms with Gasteiger partial charge in [0.2, 0.25) is 5.91 Å². The molecule has 6 nitrogen and oxygen atoms in total. The zero-order valence-electron chi connectivity index (χ0n) is 15.0. The Hall–Kier alpha value is -1.63. The Balaban J connectivity index is 0.00000243. The molecule has 1 unspecified atom stereocenters. The summed E-state index contributed by atoms with van der Waals surface area (Å²) < 4.78 is 5.33. The normalized spacial score (nSPS) is 22.2. The van der Waals surface area contributed by atoms with Crippen LogP contribution in [-0.4, -0.2) is 55.1 Å². The van der Waals surface area contributed by atoms with Crippen LogP contribution in [0, 0.1) is 5.92 Å². The monoisotopic (exact) mass is 381 g/mol. The molecule has 1 aromatic rings. The van der Waals surface area contributed by atoms with Crippen molar-refractivity contribution < 1.29 is 14.3 Å². The van der Waals surface area contributed by atoms with Gasteiger partial charge in [0.25, 0.3) is 5.91 Å². The van der Waals surface area contributed by atoms with Crippen LogP contribution in [0.2, 0.25) is 0 Å². The molecule has 2 amide bonds. The third-order valence-corrected chi connectivity index (χ3v) is 5.20. The Labute approximate surface area is 160 Å². The SMILES string of the molecule is Cl.NC1(C(=O)N2CCCC(CNC(=O)c3ccccc3)C2)CCOCC1. The quantitative estimate of drug-likeness (QED) is 0.829. The molecule has 3 N–H and O–H groups in total. The topological polar surface area (TPSA) is 84.7 Å². The molecule has 1 aromatic carbocycles. The highest BCUT2D eigenvalue weighted by atomic mass is 35.5. The lowest BCUT2D eigenvalue weighted by Crippen LogP contribution is -2.59. The third kappa shape index (κ3) is 4.96. The second kappa shape index (κ2) is 9.35. The molecule has 2 fully saturated rings. The first-order valence-electron chi connectivity index (χ1n) is 9.08. The van der Waals surface area contributed by atoms with Crippen LogP contribution in [0.1, 0.15) is 36.0 Å². The van der Waals surface area contributed by atoms with Crippen LogP contribution in [0.4, 0.5) is 0 Å². The van der Waals surface area contributed by atoms with E-state index in [2.05, 4.69) is 5.32 Å². The van der Waals surface area contributed by atoms with Gasteiger partial charge >= 0.3 is 0 Å². The molecule has 0 radical (unpaired) electrons. The van der Waals surface area contributed by atoms with Gasteiger partial charge in [0.15, 0.2) is 0 Å². The molecule has 0 aliphatic carbocycles. The summed E-state index contributed by atoms with van der Waals surface area (Å²) in [6.07, 6.45) is 3.12. The number of hydrogen-bond donors (Lipinski definition) is 2. The van der Waals surface area contributed by atoms with E-state index in [4.69, 9.17) is 10.5 Å². The Morgan fingerprint density at radius 2 is 1.92 bits per heavy atom. The summed E-state index contributed by atoms with van der Waals surface area (Å²) in [4.78, 5) is 26.9. The van der Waals surface area contributed by atoms with Crippen molar-refractivity contribution in [2.45, 2.75) is 31.2 Å². The molecular weight excluding hydrogens is 354 g/mol. The minimum atomic E-state index is -0.784. The first-order valence-corrected chi connectivity index (χ1v) is 9.08. The van der Waals surface area contributed by atoms with Gasteiger partial charge in [0.1, 0.15) is 0 Å². The molecule has 26 heavy (non-hydrogen) atoms. The fourth-order valence-corrected chi connectivity index (χ4v) is 3.61. The number of halogens is 1. The largest absolute Gasteiger partial charge is 0.381 e. The van der Waals surface area contributed by atoms with E-state index in [1.54, 1.807) is 12.1 Å². The van der Waals surface area contributed by atoms with Crippen LogP contribution in [0.3, 0.4) is 0 Å². The summed E-state index contributed by atoms with van der Waals surface area (Å²) in [5, 5.41) is 2.99. The molecule has 0 bridgehead atoms. The van der Waals surface area contributed by atoms with Gasteiger partial charge in [-0.1, -0.05) is 18.2 Å². The van der Waals surface area contributed by atoms with Gasteiger partial charge in [0, 0.05) is 38.4 Å². The molecule has 2 heterocycles. The average molecular weight is 382 g/mol. The molecule has 2 saturated heterocycles. The summed E-state index contributed by atoms with van der Waals surface area (Å²) in [6, 6.07) is 9.19. The summed E-state index contributed by atoms with van der Waals surface area (Å²) in [7, 11) is 0. The van der Waals surface area contributed by atoms with E-state index in [1.807, 2.05) is 23.1 Å². The molecule has 2 aliphatic rings. The fraction of sp³-hybridized carbons (Fsp3) is 0.579. The molecule has 2 aliphatic heterocycles. The van der Waals surface area contributed by atoms with Crippen molar-refractivity contribution in [2.24, 2.45) is 11.7 Å². The maximum atomic E-state index is 12.8. The molecule has 7 heteroatoms. The Morgan fingerprint density at radius 1 is 1.23 bits per heavy atom. The maximum Gasteiger partial charge on any atom is 0.251 e. The molecular formula is C19H28ClN3O3. The average Bonchev–Trinajstić information content (AvgIpc) is 2.67. The van der Waals surface area contributed by atoms with Crippen LogP contribution < -0.4 is 11.1 Å². The number of likely N-dealkylation sites (tertiary alicyclic amines) is 1. The predicted molar refractivity (Wildman–Crippen MR) is 102 cm³/mol. The fourth-order valence-electron chi connectivity index (χ4n) is 3.61. The summed E-state index contributed by atoms with van der Waals surface area (Å²) in [5.74, 6) is 0.243. The van der Waals surface area contributed by atoms with Crippen molar-refractivity contribution in [3.05, 3.63) is 35.9 Å². The number of carbonyl (C=O) groups excluding carboxylic acids is 2. The minimum absolute atomic E-state index is 0. The number of amides is 2.